The monoisotopic (exact) mass is 277 g/mol. The summed E-state index contributed by atoms with van der Waals surface area (Å²) in [7, 11) is 0. The first kappa shape index (κ1) is 13.6. The Bertz CT molecular complexity index is 671. The molecule has 0 spiro atoms. The van der Waals surface area contributed by atoms with Crippen LogP contribution in [0.4, 0.5) is 5.69 Å². The Morgan fingerprint density at radius 3 is 2.57 bits per heavy atom. The van der Waals surface area contributed by atoms with Crippen molar-refractivity contribution in [1.29, 1.82) is 0 Å². The van der Waals surface area contributed by atoms with Crippen molar-refractivity contribution in [1.82, 2.24) is 0 Å². The van der Waals surface area contributed by atoms with Crippen molar-refractivity contribution in [2.24, 2.45) is 4.99 Å². The van der Waals surface area contributed by atoms with Gasteiger partial charge in [-0.25, -0.2) is 4.99 Å². The van der Waals surface area contributed by atoms with E-state index in [4.69, 9.17) is 9.73 Å². The average Bonchev–Trinajstić information content (AvgIpc) is 2.55. The van der Waals surface area contributed by atoms with E-state index in [9.17, 15) is 0 Å². The van der Waals surface area contributed by atoms with Gasteiger partial charge < -0.3 is 4.74 Å². The molecule has 21 heavy (non-hydrogen) atoms. The van der Waals surface area contributed by atoms with Crippen LogP contribution in [0, 0.1) is 0 Å². The highest BCUT2D eigenvalue weighted by atomic mass is 16.5. The van der Waals surface area contributed by atoms with E-state index in [0.29, 0.717) is 6.61 Å². The highest BCUT2D eigenvalue weighted by Crippen LogP contribution is 2.28. The number of benzene rings is 2. The molecular weight excluding hydrogens is 258 g/mol. The second kappa shape index (κ2) is 6.40. The molecule has 0 aliphatic heterocycles. The Kier molecular flexibility index (Phi) is 4.15. The summed E-state index contributed by atoms with van der Waals surface area (Å²) < 4.78 is 5.51. The summed E-state index contributed by atoms with van der Waals surface area (Å²) in [5, 5.41) is 0. The molecule has 0 saturated carbocycles. The second-order valence-corrected chi connectivity index (χ2v) is 5.05. The first-order valence-electron chi connectivity index (χ1n) is 7.41. The van der Waals surface area contributed by atoms with Gasteiger partial charge in [0.2, 0.25) is 0 Å². The lowest BCUT2D eigenvalue weighted by atomic mass is 9.86. The van der Waals surface area contributed by atoms with Gasteiger partial charge in [0, 0.05) is 11.1 Å². The Hall–Kier alpha value is -2.35. The fraction of sp³-hybridized carbons (Fsp3) is 0.211. The lowest BCUT2D eigenvalue weighted by Gasteiger charge is -2.20. The van der Waals surface area contributed by atoms with Gasteiger partial charge in [0.05, 0.1) is 24.3 Å². The number of hydrogen-bond acceptors (Lipinski definition) is 2. The molecule has 0 N–H and O–H groups in total. The maximum Gasteiger partial charge on any atom is 0.0882 e. The quantitative estimate of drug-likeness (QED) is 0.747. The van der Waals surface area contributed by atoms with Crippen LogP contribution in [0.25, 0.3) is 0 Å². The highest BCUT2D eigenvalue weighted by Gasteiger charge is 2.20. The van der Waals surface area contributed by atoms with Crippen LogP contribution >= 0.6 is 0 Å². The predicted octanol–water partition coefficient (Wildman–Crippen LogP) is 4.67. The maximum atomic E-state index is 5.51. The number of allylic oxidation sites excluding steroid dienone is 1. The number of aliphatic imine (C=N–C) groups is 1. The molecule has 0 saturated heterocycles. The molecule has 1 aliphatic rings. The normalized spacial score (nSPS) is 17.8. The zero-order valence-electron chi connectivity index (χ0n) is 12.3. The maximum absolute atomic E-state index is 5.51. The van der Waals surface area contributed by atoms with E-state index in [2.05, 4.69) is 24.3 Å². The SMILES string of the molecule is CCO/C=C1\CCc2ccccc2\C1=N\c1ccccc1. The van der Waals surface area contributed by atoms with Crippen molar-refractivity contribution < 1.29 is 4.74 Å². The molecule has 2 aromatic rings. The molecule has 106 valence electrons. The minimum absolute atomic E-state index is 0.684. The lowest BCUT2D eigenvalue weighted by Crippen LogP contribution is -2.15. The summed E-state index contributed by atoms with van der Waals surface area (Å²) >= 11 is 0. The van der Waals surface area contributed by atoms with Crippen LogP contribution in [-0.2, 0) is 11.2 Å². The molecule has 2 aromatic carbocycles. The Labute approximate surface area is 125 Å². The fourth-order valence-electron chi connectivity index (χ4n) is 2.59. The Morgan fingerprint density at radius 2 is 1.76 bits per heavy atom. The van der Waals surface area contributed by atoms with Crippen LogP contribution in [0.1, 0.15) is 24.5 Å². The summed E-state index contributed by atoms with van der Waals surface area (Å²) in [5.41, 5.74) is 5.78. The van der Waals surface area contributed by atoms with Gasteiger partial charge in [0.15, 0.2) is 0 Å². The van der Waals surface area contributed by atoms with Gasteiger partial charge in [0.1, 0.15) is 0 Å². The summed E-state index contributed by atoms with van der Waals surface area (Å²) in [4.78, 5) is 4.86. The number of nitrogens with zero attached hydrogens (tertiary/aromatic N) is 1. The van der Waals surface area contributed by atoms with Crippen molar-refractivity contribution >= 4 is 11.4 Å². The molecule has 0 amide bonds. The van der Waals surface area contributed by atoms with E-state index >= 15 is 0 Å². The van der Waals surface area contributed by atoms with Gasteiger partial charge in [-0.15, -0.1) is 0 Å². The lowest BCUT2D eigenvalue weighted by molar-refractivity contribution is 0.266. The largest absolute Gasteiger partial charge is 0.501 e. The van der Waals surface area contributed by atoms with Gasteiger partial charge in [-0.3, -0.25) is 0 Å². The van der Waals surface area contributed by atoms with Crippen molar-refractivity contribution in [2.45, 2.75) is 19.8 Å². The number of fused-ring (bicyclic) bond motifs is 1. The summed E-state index contributed by atoms with van der Waals surface area (Å²) in [6.07, 6.45) is 3.89. The second-order valence-electron chi connectivity index (χ2n) is 5.05. The molecular formula is C19H19NO. The Morgan fingerprint density at radius 1 is 1.00 bits per heavy atom. The van der Waals surface area contributed by atoms with E-state index in [-0.39, 0.29) is 0 Å². The standard InChI is InChI=1S/C19H19NO/c1-2-21-14-16-13-12-15-8-6-7-11-18(15)19(16)20-17-9-4-3-5-10-17/h3-11,14H,2,12-13H2,1H3/b16-14+,20-19+. The van der Waals surface area contributed by atoms with E-state index in [1.165, 1.54) is 16.7 Å². The van der Waals surface area contributed by atoms with Crippen LogP contribution in [0.15, 0.2) is 71.4 Å². The van der Waals surface area contributed by atoms with Crippen LogP contribution in [0.3, 0.4) is 0 Å². The zero-order chi connectivity index (χ0) is 14.5. The van der Waals surface area contributed by atoms with Gasteiger partial charge in [-0.05, 0) is 37.5 Å². The van der Waals surface area contributed by atoms with Gasteiger partial charge >= 0.3 is 0 Å². The number of ether oxygens (including phenoxy) is 1. The van der Waals surface area contributed by atoms with Crippen LogP contribution in [0.2, 0.25) is 0 Å². The summed E-state index contributed by atoms with van der Waals surface area (Å²) in [5.74, 6) is 0. The molecule has 0 atom stereocenters. The molecule has 0 radical (unpaired) electrons. The third-order valence-electron chi connectivity index (χ3n) is 3.63. The number of para-hydroxylation sites is 1. The molecule has 0 fully saturated rings. The van der Waals surface area contributed by atoms with Gasteiger partial charge in [-0.2, -0.15) is 0 Å². The van der Waals surface area contributed by atoms with E-state index in [1.54, 1.807) is 0 Å². The highest BCUT2D eigenvalue weighted by molar-refractivity contribution is 6.15. The first-order valence-corrected chi connectivity index (χ1v) is 7.41. The zero-order valence-corrected chi connectivity index (χ0v) is 12.3. The Balaban J connectivity index is 2.08. The number of rotatable bonds is 3. The third-order valence-corrected chi connectivity index (χ3v) is 3.63. The van der Waals surface area contributed by atoms with Gasteiger partial charge in [0.25, 0.3) is 0 Å². The first-order chi connectivity index (χ1) is 10.4. The molecule has 3 rings (SSSR count). The fourth-order valence-corrected chi connectivity index (χ4v) is 2.59. The van der Waals surface area contributed by atoms with Crippen molar-refractivity contribution in [3.63, 3.8) is 0 Å². The minimum atomic E-state index is 0.684. The molecule has 0 bridgehead atoms. The smallest absolute Gasteiger partial charge is 0.0882 e. The van der Waals surface area contributed by atoms with Crippen LogP contribution in [0.5, 0.6) is 0 Å². The average molecular weight is 277 g/mol. The summed E-state index contributed by atoms with van der Waals surface area (Å²) in [6, 6.07) is 18.6. The topological polar surface area (TPSA) is 21.6 Å². The predicted molar refractivity (Wildman–Crippen MR) is 87.1 cm³/mol. The molecule has 0 unspecified atom stereocenters. The number of aryl methyl sites for hydroxylation is 1. The third kappa shape index (κ3) is 3.05. The van der Waals surface area contributed by atoms with Crippen molar-refractivity contribution in [3.05, 3.63) is 77.6 Å². The minimum Gasteiger partial charge on any atom is -0.501 e. The number of hydrogen-bond donors (Lipinski definition) is 0. The molecule has 1 aliphatic carbocycles. The van der Waals surface area contributed by atoms with E-state index < -0.39 is 0 Å². The van der Waals surface area contributed by atoms with E-state index in [0.717, 1.165) is 24.2 Å². The molecule has 2 nitrogen and oxygen atoms in total. The van der Waals surface area contributed by atoms with Gasteiger partial charge in [-0.1, -0.05) is 42.5 Å². The van der Waals surface area contributed by atoms with Crippen LogP contribution < -0.4 is 0 Å². The van der Waals surface area contributed by atoms with Crippen LogP contribution in [-0.4, -0.2) is 12.3 Å². The van der Waals surface area contributed by atoms with E-state index in [1.807, 2.05) is 43.5 Å². The van der Waals surface area contributed by atoms with Crippen molar-refractivity contribution in [2.75, 3.05) is 6.61 Å². The van der Waals surface area contributed by atoms with Crippen molar-refractivity contribution in [3.8, 4) is 0 Å². The molecule has 0 heterocycles. The molecule has 0 aromatic heterocycles. The summed E-state index contributed by atoms with van der Waals surface area (Å²) in [6.45, 7) is 2.69. The molecule has 2 heteroatoms.